The third-order valence-corrected chi connectivity index (χ3v) is 3.90. The van der Waals surface area contributed by atoms with Crippen LogP contribution in [-0.2, 0) is 11.2 Å². The Hall–Kier alpha value is -2.28. The summed E-state index contributed by atoms with van der Waals surface area (Å²) in [7, 11) is 0. The number of hydrogen-bond acceptors (Lipinski definition) is 5. The van der Waals surface area contributed by atoms with Crippen LogP contribution in [-0.4, -0.2) is 32.4 Å². The Balaban J connectivity index is 2.14. The zero-order chi connectivity index (χ0) is 15.4. The predicted octanol–water partition coefficient (Wildman–Crippen LogP) is 1.58. The number of nitrogens with one attached hydrogen (secondary N) is 1. The fourth-order valence-electron chi connectivity index (χ4n) is 1.99. The van der Waals surface area contributed by atoms with Crippen molar-refractivity contribution in [1.29, 1.82) is 0 Å². The largest absolute Gasteiger partial charge is 0.480 e. The van der Waals surface area contributed by atoms with Gasteiger partial charge in [0.25, 0.3) is 5.91 Å². The molecule has 0 spiro atoms. The van der Waals surface area contributed by atoms with Gasteiger partial charge in [0.2, 0.25) is 0 Å². The van der Waals surface area contributed by atoms with E-state index in [0.29, 0.717) is 11.3 Å². The number of nitrogens with zero attached hydrogens (tertiary/aromatic N) is 2. The fourth-order valence-corrected chi connectivity index (χ4v) is 2.69. The first-order chi connectivity index (χ1) is 9.99. The quantitative estimate of drug-likeness (QED) is 0.875. The third-order valence-electron chi connectivity index (χ3n) is 3.05. The molecule has 2 aromatic heterocycles. The number of pyridine rings is 1. The van der Waals surface area contributed by atoms with Crippen molar-refractivity contribution in [2.45, 2.75) is 26.3 Å². The minimum absolute atomic E-state index is 0.208. The highest BCUT2D eigenvalue weighted by molar-refractivity contribution is 7.06. The molecule has 110 valence electrons. The summed E-state index contributed by atoms with van der Waals surface area (Å²) in [5, 5.41) is 11.8. The molecule has 0 aliphatic heterocycles. The lowest BCUT2D eigenvalue weighted by Gasteiger charge is -2.14. The Morgan fingerprint density at radius 2 is 2.00 bits per heavy atom. The molecule has 7 heteroatoms. The Labute approximate surface area is 126 Å². The molecule has 0 aliphatic rings. The van der Waals surface area contributed by atoms with Crippen LogP contribution in [0.25, 0.3) is 0 Å². The molecule has 1 atom stereocenters. The van der Waals surface area contributed by atoms with Gasteiger partial charge in [-0.3, -0.25) is 9.78 Å². The van der Waals surface area contributed by atoms with Crippen LogP contribution in [0.5, 0.6) is 0 Å². The Bertz CT molecular complexity index is 635. The van der Waals surface area contributed by atoms with E-state index in [1.54, 1.807) is 38.4 Å². The first-order valence-electron chi connectivity index (χ1n) is 6.34. The van der Waals surface area contributed by atoms with E-state index in [-0.39, 0.29) is 6.42 Å². The maximum atomic E-state index is 12.2. The molecule has 0 fully saturated rings. The van der Waals surface area contributed by atoms with Crippen LogP contribution >= 0.6 is 11.5 Å². The van der Waals surface area contributed by atoms with Gasteiger partial charge in [-0.2, -0.15) is 4.37 Å². The summed E-state index contributed by atoms with van der Waals surface area (Å²) in [4.78, 5) is 28.2. The molecule has 2 aromatic rings. The SMILES string of the molecule is Cc1nsc(C)c1C(=O)NC(Cc1ccncc1)C(=O)O. The van der Waals surface area contributed by atoms with Gasteiger partial charge in [0.15, 0.2) is 0 Å². The van der Waals surface area contributed by atoms with Crippen LogP contribution < -0.4 is 5.32 Å². The lowest BCUT2D eigenvalue weighted by atomic mass is 10.1. The highest BCUT2D eigenvalue weighted by Crippen LogP contribution is 2.17. The van der Waals surface area contributed by atoms with Crippen molar-refractivity contribution in [3.63, 3.8) is 0 Å². The van der Waals surface area contributed by atoms with Crippen LogP contribution in [0.1, 0.15) is 26.5 Å². The van der Waals surface area contributed by atoms with E-state index in [2.05, 4.69) is 14.7 Å². The molecule has 6 nitrogen and oxygen atoms in total. The number of carbonyl (C=O) groups is 2. The van der Waals surface area contributed by atoms with E-state index in [9.17, 15) is 14.7 Å². The molecule has 0 radical (unpaired) electrons. The molecular weight excluding hydrogens is 290 g/mol. The number of aromatic nitrogens is 2. The molecule has 0 bridgehead atoms. The summed E-state index contributed by atoms with van der Waals surface area (Å²) in [5.41, 5.74) is 1.87. The van der Waals surface area contributed by atoms with Crippen molar-refractivity contribution in [2.75, 3.05) is 0 Å². The summed E-state index contributed by atoms with van der Waals surface area (Å²) in [6.45, 7) is 3.52. The topological polar surface area (TPSA) is 92.2 Å². The lowest BCUT2D eigenvalue weighted by Crippen LogP contribution is -2.42. The van der Waals surface area contributed by atoms with Crippen LogP contribution in [0.15, 0.2) is 24.5 Å². The molecular formula is C14H15N3O3S. The standard InChI is InChI=1S/C14H15N3O3S/c1-8-12(9(2)21-17-8)13(18)16-11(14(19)20)7-10-3-5-15-6-4-10/h3-6,11H,7H2,1-2H3,(H,16,18)(H,19,20). The zero-order valence-corrected chi connectivity index (χ0v) is 12.5. The van der Waals surface area contributed by atoms with E-state index in [4.69, 9.17) is 0 Å². The molecule has 0 aliphatic carbocycles. The normalized spacial score (nSPS) is 11.9. The average Bonchev–Trinajstić information content (AvgIpc) is 2.78. The number of carboxylic acid groups (broad SMARTS) is 1. The minimum atomic E-state index is -1.07. The smallest absolute Gasteiger partial charge is 0.326 e. The van der Waals surface area contributed by atoms with Gasteiger partial charge in [0, 0.05) is 23.7 Å². The van der Waals surface area contributed by atoms with E-state index >= 15 is 0 Å². The molecule has 2 heterocycles. The number of aryl methyl sites for hydroxylation is 2. The maximum absolute atomic E-state index is 12.2. The Kier molecular flexibility index (Phi) is 4.64. The summed E-state index contributed by atoms with van der Waals surface area (Å²) in [6, 6.07) is 2.47. The minimum Gasteiger partial charge on any atom is -0.480 e. The lowest BCUT2D eigenvalue weighted by molar-refractivity contribution is -0.139. The molecule has 0 saturated carbocycles. The Morgan fingerprint density at radius 1 is 1.33 bits per heavy atom. The van der Waals surface area contributed by atoms with Crippen molar-refractivity contribution in [2.24, 2.45) is 0 Å². The van der Waals surface area contributed by atoms with E-state index < -0.39 is 17.9 Å². The van der Waals surface area contributed by atoms with Crippen molar-refractivity contribution < 1.29 is 14.7 Å². The maximum Gasteiger partial charge on any atom is 0.326 e. The highest BCUT2D eigenvalue weighted by Gasteiger charge is 2.24. The summed E-state index contributed by atoms with van der Waals surface area (Å²) >= 11 is 1.23. The Morgan fingerprint density at radius 3 is 2.52 bits per heavy atom. The summed E-state index contributed by atoms with van der Waals surface area (Å²) in [5.74, 6) is -1.47. The zero-order valence-electron chi connectivity index (χ0n) is 11.7. The molecule has 1 unspecified atom stereocenters. The van der Waals surface area contributed by atoms with Gasteiger partial charge in [0.1, 0.15) is 6.04 Å². The fraction of sp³-hybridized carbons (Fsp3) is 0.286. The van der Waals surface area contributed by atoms with Gasteiger partial charge in [-0.15, -0.1) is 0 Å². The monoisotopic (exact) mass is 305 g/mol. The number of amides is 1. The van der Waals surface area contributed by atoms with Gasteiger partial charge in [-0.05, 0) is 43.1 Å². The second-order valence-corrected chi connectivity index (χ2v) is 5.60. The average molecular weight is 305 g/mol. The van der Waals surface area contributed by atoms with Crippen molar-refractivity contribution >= 4 is 23.4 Å². The number of aliphatic carboxylic acids is 1. The molecule has 1 amide bonds. The number of rotatable bonds is 5. The van der Waals surface area contributed by atoms with Crippen LogP contribution in [0, 0.1) is 13.8 Å². The van der Waals surface area contributed by atoms with E-state index in [0.717, 1.165) is 10.4 Å². The molecule has 0 saturated heterocycles. The molecule has 2 rings (SSSR count). The second-order valence-electron chi connectivity index (χ2n) is 4.62. The van der Waals surface area contributed by atoms with Gasteiger partial charge < -0.3 is 10.4 Å². The highest BCUT2D eigenvalue weighted by atomic mass is 32.1. The van der Waals surface area contributed by atoms with Gasteiger partial charge in [0.05, 0.1) is 11.3 Å². The number of hydrogen-bond donors (Lipinski definition) is 2. The van der Waals surface area contributed by atoms with Gasteiger partial charge in [-0.25, -0.2) is 4.79 Å². The third kappa shape index (κ3) is 3.63. The van der Waals surface area contributed by atoms with Crippen molar-refractivity contribution in [1.82, 2.24) is 14.7 Å². The van der Waals surface area contributed by atoms with E-state index in [1.165, 1.54) is 11.5 Å². The second kappa shape index (κ2) is 6.45. The molecule has 2 N–H and O–H groups in total. The van der Waals surface area contributed by atoms with Crippen molar-refractivity contribution in [3.05, 3.63) is 46.2 Å². The van der Waals surface area contributed by atoms with Crippen LogP contribution in [0.4, 0.5) is 0 Å². The van der Waals surface area contributed by atoms with Crippen LogP contribution in [0.3, 0.4) is 0 Å². The summed E-state index contributed by atoms with van der Waals surface area (Å²) in [6.07, 6.45) is 3.39. The van der Waals surface area contributed by atoms with Gasteiger partial charge >= 0.3 is 5.97 Å². The first kappa shape index (κ1) is 15.1. The molecule has 21 heavy (non-hydrogen) atoms. The number of carboxylic acids is 1. The van der Waals surface area contributed by atoms with Crippen molar-refractivity contribution in [3.8, 4) is 0 Å². The van der Waals surface area contributed by atoms with Crippen LogP contribution in [0.2, 0.25) is 0 Å². The molecule has 0 aromatic carbocycles. The first-order valence-corrected chi connectivity index (χ1v) is 7.12. The number of carbonyl (C=O) groups excluding carboxylic acids is 1. The van der Waals surface area contributed by atoms with Gasteiger partial charge in [-0.1, -0.05) is 0 Å². The van der Waals surface area contributed by atoms with E-state index in [1.807, 2.05) is 0 Å². The summed E-state index contributed by atoms with van der Waals surface area (Å²) < 4.78 is 4.10. The predicted molar refractivity (Wildman–Crippen MR) is 78.4 cm³/mol.